The minimum atomic E-state index is -4.38. The average molecular weight is 183 g/mol. The second kappa shape index (κ2) is 3.65. The zero-order valence-electron chi connectivity index (χ0n) is 6.87. The predicted molar refractivity (Wildman–Crippen MR) is 40.9 cm³/mol. The van der Waals surface area contributed by atoms with Crippen molar-refractivity contribution < 1.29 is 18.9 Å². The van der Waals surface area contributed by atoms with Crippen molar-refractivity contribution in [2.75, 3.05) is 6.54 Å². The largest absolute Gasteiger partial charge is 0.471 e. The highest BCUT2D eigenvalue weighted by Crippen LogP contribution is 2.40. The molecule has 0 unspecified atom stereocenters. The van der Waals surface area contributed by atoms with Crippen LogP contribution in [0.1, 0.15) is 20.8 Å². The molecule has 0 aromatic heterocycles. The fraction of sp³-hybridized carbons (Fsp3) is 1.00. The van der Waals surface area contributed by atoms with Crippen molar-refractivity contribution in [2.24, 2.45) is 0 Å². The van der Waals surface area contributed by atoms with Crippen LogP contribution in [0.4, 0.5) is 0 Å². The van der Waals surface area contributed by atoms with Gasteiger partial charge in [-0.3, -0.25) is 9.84 Å². The highest BCUT2D eigenvalue weighted by atomic mass is 31.2. The van der Waals surface area contributed by atoms with E-state index in [-0.39, 0.29) is 0 Å². The van der Waals surface area contributed by atoms with Gasteiger partial charge in [-0.05, 0) is 20.4 Å². The van der Waals surface area contributed by atoms with Gasteiger partial charge in [-0.15, -0.1) is 0 Å². The third-order valence-electron chi connectivity index (χ3n) is 0.950. The lowest BCUT2D eigenvalue weighted by atomic mass is 10.3. The first kappa shape index (κ1) is 11.1. The summed E-state index contributed by atoms with van der Waals surface area (Å²) in [5.74, 6) is 0. The number of hydrogen-bond acceptors (Lipinski definition) is 3. The van der Waals surface area contributed by atoms with E-state index in [4.69, 9.17) is 9.79 Å². The average Bonchev–Trinajstić information content (AvgIpc) is 1.55. The van der Waals surface area contributed by atoms with Gasteiger partial charge < -0.3 is 9.79 Å². The summed E-state index contributed by atoms with van der Waals surface area (Å²) in [5, 5.41) is 2.76. The Bertz CT molecular complexity index is 164. The van der Waals surface area contributed by atoms with E-state index < -0.39 is 13.5 Å². The fourth-order valence-corrected chi connectivity index (χ4v) is 1.41. The molecule has 0 rings (SSSR count). The maximum absolute atomic E-state index is 10.4. The smallest absolute Gasteiger partial charge is 0.303 e. The van der Waals surface area contributed by atoms with Gasteiger partial charge in [0, 0.05) is 0 Å². The van der Waals surface area contributed by atoms with Crippen LogP contribution in [0.3, 0.4) is 0 Å². The van der Waals surface area contributed by atoms with Crippen molar-refractivity contribution in [3.8, 4) is 0 Å². The second-order valence-electron chi connectivity index (χ2n) is 2.62. The van der Waals surface area contributed by atoms with Crippen molar-refractivity contribution in [1.82, 2.24) is 5.32 Å². The number of nitrogens with one attached hydrogen (secondary N) is 1. The molecule has 0 aromatic rings. The maximum Gasteiger partial charge on any atom is 0.471 e. The third kappa shape index (κ3) is 6.47. The van der Waals surface area contributed by atoms with Crippen LogP contribution in [-0.2, 0) is 9.09 Å². The van der Waals surface area contributed by atoms with E-state index in [1.54, 1.807) is 13.8 Å². The summed E-state index contributed by atoms with van der Waals surface area (Å²) in [6, 6.07) is 0. The molecule has 0 saturated carbocycles. The van der Waals surface area contributed by atoms with E-state index in [0.717, 1.165) is 0 Å². The zero-order valence-corrected chi connectivity index (χ0v) is 7.76. The lowest BCUT2D eigenvalue weighted by Crippen LogP contribution is -2.40. The molecule has 0 atom stereocenters. The first-order valence-corrected chi connectivity index (χ1v) is 4.81. The molecule has 0 fully saturated rings. The van der Waals surface area contributed by atoms with Gasteiger partial charge >= 0.3 is 7.82 Å². The van der Waals surface area contributed by atoms with Crippen molar-refractivity contribution in [2.45, 2.75) is 26.5 Å². The molecule has 0 amide bonds. The molecule has 0 aliphatic heterocycles. The first-order chi connectivity index (χ1) is 4.77. The number of hydrogen-bond donors (Lipinski definition) is 3. The molecule has 0 aromatic carbocycles. The molecule has 0 saturated heterocycles. The quantitative estimate of drug-likeness (QED) is 0.435. The molecule has 0 spiro atoms. The van der Waals surface area contributed by atoms with E-state index in [1.807, 2.05) is 6.92 Å². The van der Waals surface area contributed by atoms with Crippen molar-refractivity contribution >= 4 is 7.82 Å². The molecule has 11 heavy (non-hydrogen) atoms. The Labute approximate surface area is 66.0 Å². The predicted octanol–water partition coefficient (Wildman–Crippen LogP) is 0.441. The van der Waals surface area contributed by atoms with Gasteiger partial charge in [0.05, 0.1) is 0 Å². The highest BCUT2D eigenvalue weighted by molar-refractivity contribution is 7.46. The zero-order chi connectivity index (χ0) is 9.12. The molecule has 0 radical (unpaired) electrons. The van der Waals surface area contributed by atoms with Crippen LogP contribution < -0.4 is 5.32 Å². The van der Waals surface area contributed by atoms with Gasteiger partial charge in [-0.2, -0.15) is 0 Å². The minimum Gasteiger partial charge on any atom is -0.303 e. The van der Waals surface area contributed by atoms with Gasteiger partial charge in [0.25, 0.3) is 0 Å². The topological polar surface area (TPSA) is 78.8 Å². The van der Waals surface area contributed by atoms with Crippen LogP contribution in [0.2, 0.25) is 0 Å². The molecule has 6 heteroatoms. The van der Waals surface area contributed by atoms with Gasteiger partial charge in [0.15, 0.2) is 0 Å². The Morgan fingerprint density at radius 2 is 2.00 bits per heavy atom. The Morgan fingerprint density at radius 1 is 1.55 bits per heavy atom. The van der Waals surface area contributed by atoms with Crippen LogP contribution in [0.15, 0.2) is 0 Å². The fourth-order valence-electron chi connectivity index (χ4n) is 0.755. The summed E-state index contributed by atoms with van der Waals surface area (Å²) >= 11 is 0. The normalized spacial score (nSPS) is 13.5. The van der Waals surface area contributed by atoms with E-state index in [0.29, 0.717) is 6.54 Å². The Morgan fingerprint density at radius 3 is 2.27 bits per heavy atom. The van der Waals surface area contributed by atoms with Crippen LogP contribution in [0.25, 0.3) is 0 Å². The summed E-state index contributed by atoms with van der Waals surface area (Å²) < 4.78 is 14.8. The molecule has 0 bridgehead atoms. The molecule has 0 aliphatic rings. The van der Waals surface area contributed by atoms with E-state index in [2.05, 4.69) is 9.84 Å². The summed E-state index contributed by atoms with van der Waals surface area (Å²) in [4.78, 5) is 16.9. The van der Waals surface area contributed by atoms with Crippen molar-refractivity contribution in [3.63, 3.8) is 0 Å². The molecule has 0 aliphatic carbocycles. The van der Waals surface area contributed by atoms with Crippen molar-refractivity contribution in [1.29, 1.82) is 0 Å². The van der Waals surface area contributed by atoms with E-state index in [9.17, 15) is 4.57 Å². The van der Waals surface area contributed by atoms with Gasteiger partial charge in [0.2, 0.25) is 0 Å². The van der Waals surface area contributed by atoms with Gasteiger partial charge in [-0.1, -0.05) is 6.92 Å². The molecular formula is C5H14NO4P. The molecule has 5 nitrogen and oxygen atoms in total. The minimum absolute atomic E-state index is 0.590. The monoisotopic (exact) mass is 183 g/mol. The van der Waals surface area contributed by atoms with Crippen LogP contribution in [0, 0.1) is 0 Å². The van der Waals surface area contributed by atoms with Crippen LogP contribution in [0.5, 0.6) is 0 Å². The van der Waals surface area contributed by atoms with Gasteiger partial charge in [-0.25, -0.2) is 4.57 Å². The number of phosphoric ester groups is 1. The highest BCUT2D eigenvalue weighted by Gasteiger charge is 2.27. The second-order valence-corrected chi connectivity index (χ2v) is 3.79. The molecule has 0 heterocycles. The number of rotatable bonds is 4. The standard InChI is InChI=1S/C5H14NO4P/c1-4-6-5(2,3)10-11(7,8)9/h6H,4H2,1-3H3,(H2,7,8,9). The summed E-state index contributed by atoms with van der Waals surface area (Å²) in [5.41, 5.74) is -0.978. The van der Waals surface area contributed by atoms with E-state index >= 15 is 0 Å². The Kier molecular flexibility index (Phi) is 3.67. The summed E-state index contributed by atoms with van der Waals surface area (Å²) in [7, 11) is -4.38. The Balaban J connectivity index is 4.02. The summed E-state index contributed by atoms with van der Waals surface area (Å²) in [6.45, 7) is 5.52. The SMILES string of the molecule is CCNC(C)(C)OP(=O)(O)O. The van der Waals surface area contributed by atoms with Crippen LogP contribution >= 0.6 is 7.82 Å². The molecular weight excluding hydrogens is 169 g/mol. The third-order valence-corrected chi connectivity index (χ3v) is 1.64. The maximum atomic E-state index is 10.4. The lowest BCUT2D eigenvalue weighted by molar-refractivity contribution is 0.0378. The number of phosphoric acid groups is 1. The molecule has 68 valence electrons. The Hall–Kier alpha value is 0.0700. The summed E-state index contributed by atoms with van der Waals surface area (Å²) in [6.07, 6.45) is 0. The lowest BCUT2D eigenvalue weighted by Gasteiger charge is -2.25. The van der Waals surface area contributed by atoms with E-state index in [1.165, 1.54) is 0 Å². The first-order valence-electron chi connectivity index (χ1n) is 3.28. The van der Waals surface area contributed by atoms with Crippen molar-refractivity contribution in [3.05, 3.63) is 0 Å². The van der Waals surface area contributed by atoms with Crippen LogP contribution in [-0.4, -0.2) is 22.1 Å². The van der Waals surface area contributed by atoms with Gasteiger partial charge in [0.1, 0.15) is 5.72 Å². The molecule has 3 N–H and O–H groups in total.